The normalized spacial score (nSPS) is 10.4. The molecule has 0 atom stereocenters. The monoisotopic (exact) mass is 346 g/mol. The molecule has 0 fully saturated rings. The molecule has 0 heterocycles. The Bertz CT molecular complexity index is 807. The Labute approximate surface area is 143 Å². The summed E-state index contributed by atoms with van der Waals surface area (Å²) in [5.74, 6) is -0.820. The van der Waals surface area contributed by atoms with Crippen molar-refractivity contribution in [1.82, 2.24) is 5.43 Å². The van der Waals surface area contributed by atoms with Crippen molar-refractivity contribution in [2.45, 2.75) is 0 Å². The third kappa shape index (κ3) is 5.03. The minimum absolute atomic E-state index is 0.0787. The van der Waals surface area contributed by atoms with E-state index in [9.17, 15) is 14.0 Å². The molecule has 0 unspecified atom stereocenters. The van der Waals surface area contributed by atoms with E-state index in [-0.39, 0.29) is 17.1 Å². The number of carbonyl (C=O) groups is 2. The molecule has 2 rings (SSSR count). The van der Waals surface area contributed by atoms with Gasteiger partial charge < -0.3 is 14.2 Å². The van der Waals surface area contributed by atoms with Crippen LogP contribution in [0.25, 0.3) is 0 Å². The molecule has 130 valence electrons. The van der Waals surface area contributed by atoms with Crippen molar-refractivity contribution in [2.75, 3.05) is 14.2 Å². The molecule has 0 radical (unpaired) electrons. The van der Waals surface area contributed by atoms with Crippen LogP contribution in [0.3, 0.4) is 0 Å². The number of nitrogens with one attached hydrogen (secondary N) is 1. The Kier molecular flexibility index (Phi) is 6.05. The predicted molar refractivity (Wildman–Crippen MR) is 87.5 cm³/mol. The van der Waals surface area contributed by atoms with Crippen molar-refractivity contribution < 1.29 is 28.2 Å². The largest absolute Gasteiger partial charge is 0.493 e. The van der Waals surface area contributed by atoms with Crippen LogP contribution >= 0.6 is 0 Å². The predicted octanol–water partition coefficient (Wildman–Crippen LogP) is 2.74. The second-order valence-corrected chi connectivity index (χ2v) is 4.67. The maximum Gasteiger partial charge on any atom is 0.427 e. The van der Waals surface area contributed by atoms with Gasteiger partial charge in [0.2, 0.25) is 0 Å². The molecule has 0 aliphatic heterocycles. The van der Waals surface area contributed by atoms with E-state index >= 15 is 0 Å². The van der Waals surface area contributed by atoms with Crippen LogP contribution in [-0.4, -0.2) is 32.5 Å². The first kappa shape index (κ1) is 17.9. The highest BCUT2D eigenvalue weighted by molar-refractivity contribution is 5.91. The van der Waals surface area contributed by atoms with Crippen LogP contribution in [0, 0.1) is 5.82 Å². The number of hydrogen-bond acceptors (Lipinski definition) is 6. The van der Waals surface area contributed by atoms with Crippen LogP contribution in [0.15, 0.2) is 47.6 Å². The first-order chi connectivity index (χ1) is 12.0. The van der Waals surface area contributed by atoms with E-state index in [1.54, 1.807) is 12.1 Å². The van der Waals surface area contributed by atoms with E-state index in [0.29, 0.717) is 5.56 Å². The summed E-state index contributed by atoms with van der Waals surface area (Å²) in [6, 6.07) is 9.81. The summed E-state index contributed by atoms with van der Waals surface area (Å²) in [5.41, 5.74) is 2.80. The average Bonchev–Trinajstić information content (AvgIpc) is 2.62. The number of esters is 1. The zero-order valence-corrected chi connectivity index (χ0v) is 13.5. The summed E-state index contributed by atoms with van der Waals surface area (Å²) < 4.78 is 28.0. The van der Waals surface area contributed by atoms with Gasteiger partial charge >= 0.3 is 12.1 Å². The number of ether oxygens (including phenoxy) is 3. The van der Waals surface area contributed by atoms with E-state index in [4.69, 9.17) is 9.47 Å². The minimum Gasteiger partial charge on any atom is -0.493 e. The lowest BCUT2D eigenvalue weighted by atomic mass is 10.2. The highest BCUT2D eigenvalue weighted by Gasteiger charge is 2.13. The maximum atomic E-state index is 13.2. The summed E-state index contributed by atoms with van der Waals surface area (Å²) in [6.07, 6.45) is 0.654. The fourth-order valence-corrected chi connectivity index (χ4v) is 1.83. The Morgan fingerprint density at radius 3 is 2.60 bits per heavy atom. The molecule has 2 aromatic rings. The number of amides is 1. The zero-order chi connectivity index (χ0) is 18.2. The Hall–Kier alpha value is -3.42. The highest BCUT2D eigenvalue weighted by Crippen LogP contribution is 2.28. The number of halogens is 1. The molecule has 8 heteroatoms. The first-order valence-corrected chi connectivity index (χ1v) is 7.06. The summed E-state index contributed by atoms with van der Waals surface area (Å²) in [6.45, 7) is 0. The molecule has 1 N–H and O–H groups in total. The minimum atomic E-state index is -0.716. The van der Waals surface area contributed by atoms with E-state index < -0.39 is 17.9 Å². The van der Waals surface area contributed by atoms with Gasteiger partial charge in [0.1, 0.15) is 5.82 Å². The zero-order valence-electron chi connectivity index (χ0n) is 13.5. The molecule has 0 bridgehead atoms. The molecule has 0 aliphatic rings. The lowest BCUT2D eigenvalue weighted by Gasteiger charge is -2.10. The number of carbonyl (C=O) groups excluding carboxylic acids is 2. The van der Waals surface area contributed by atoms with Gasteiger partial charge in [0.15, 0.2) is 11.5 Å². The lowest BCUT2D eigenvalue weighted by Crippen LogP contribution is -2.16. The third-order valence-electron chi connectivity index (χ3n) is 3.01. The second-order valence-electron chi connectivity index (χ2n) is 4.67. The van der Waals surface area contributed by atoms with E-state index in [0.717, 1.165) is 6.07 Å². The van der Waals surface area contributed by atoms with Crippen LogP contribution in [0.2, 0.25) is 0 Å². The van der Waals surface area contributed by atoms with Gasteiger partial charge in [-0.15, -0.1) is 0 Å². The number of hydrogen-bond donors (Lipinski definition) is 1. The van der Waals surface area contributed by atoms with Gasteiger partial charge in [0.25, 0.3) is 0 Å². The number of benzene rings is 2. The van der Waals surface area contributed by atoms with Gasteiger partial charge in [-0.2, -0.15) is 5.10 Å². The number of methoxy groups -OCH3 is 2. The van der Waals surface area contributed by atoms with Gasteiger partial charge in [-0.25, -0.2) is 19.4 Å². The number of hydrazone groups is 1. The fourth-order valence-electron chi connectivity index (χ4n) is 1.83. The SMILES string of the molecule is COC(=O)N/N=C\c1ccc(OC(=O)c2cccc(F)c2)c(OC)c1. The van der Waals surface area contributed by atoms with Crippen LogP contribution < -0.4 is 14.9 Å². The molecule has 0 spiro atoms. The van der Waals surface area contributed by atoms with Crippen LogP contribution in [-0.2, 0) is 4.74 Å². The maximum absolute atomic E-state index is 13.2. The van der Waals surface area contributed by atoms with Crippen molar-refractivity contribution >= 4 is 18.3 Å². The fraction of sp³-hybridized carbons (Fsp3) is 0.118. The van der Waals surface area contributed by atoms with Crippen molar-refractivity contribution in [1.29, 1.82) is 0 Å². The van der Waals surface area contributed by atoms with Crippen molar-refractivity contribution in [3.63, 3.8) is 0 Å². The van der Waals surface area contributed by atoms with E-state index in [1.165, 1.54) is 44.7 Å². The Morgan fingerprint density at radius 2 is 1.92 bits per heavy atom. The molecule has 0 saturated heterocycles. The molecule has 1 amide bonds. The van der Waals surface area contributed by atoms with Gasteiger partial charge in [-0.3, -0.25) is 0 Å². The third-order valence-corrected chi connectivity index (χ3v) is 3.01. The van der Waals surface area contributed by atoms with Gasteiger partial charge in [-0.1, -0.05) is 6.07 Å². The van der Waals surface area contributed by atoms with Crippen molar-refractivity contribution in [2.24, 2.45) is 5.10 Å². The van der Waals surface area contributed by atoms with Gasteiger partial charge in [0.05, 0.1) is 26.0 Å². The number of rotatable bonds is 5. The molecule has 0 aromatic heterocycles. The molecule has 0 aliphatic carbocycles. The quantitative estimate of drug-likeness (QED) is 0.389. The summed E-state index contributed by atoms with van der Waals surface area (Å²) in [7, 11) is 2.62. The molecule has 7 nitrogen and oxygen atoms in total. The molecular formula is C17H15FN2O5. The lowest BCUT2D eigenvalue weighted by molar-refractivity contribution is 0.0729. The summed E-state index contributed by atoms with van der Waals surface area (Å²) in [5, 5.41) is 3.68. The van der Waals surface area contributed by atoms with Crippen molar-refractivity contribution in [3.05, 3.63) is 59.4 Å². The smallest absolute Gasteiger partial charge is 0.427 e. The van der Waals surface area contributed by atoms with Crippen molar-refractivity contribution in [3.8, 4) is 11.5 Å². The first-order valence-electron chi connectivity index (χ1n) is 7.06. The van der Waals surface area contributed by atoms with E-state index in [2.05, 4.69) is 15.3 Å². The highest BCUT2D eigenvalue weighted by atomic mass is 19.1. The summed E-state index contributed by atoms with van der Waals surface area (Å²) in [4.78, 5) is 23.0. The molecule has 25 heavy (non-hydrogen) atoms. The van der Waals surface area contributed by atoms with Gasteiger partial charge in [0, 0.05) is 0 Å². The van der Waals surface area contributed by atoms with Gasteiger partial charge in [-0.05, 0) is 42.0 Å². The van der Waals surface area contributed by atoms with Crippen LogP contribution in [0.4, 0.5) is 9.18 Å². The Morgan fingerprint density at radius 1 is 1.12 bits per heavy atom. The molecular weight excluding hydrogens is 331 g/mol. The van der Waals surface area contributed by atoms with Crippen LogP contribution in [0.1, 0.15) is 15.9 Å². The molecule has 2 aromatic carbocycles. The number of nitrogens with zero attached hydrogens (tertiary/aromatic N) is 1. The molecule has 0 saturated carbocycles. The topological polar surface area (TPSA) is 86.2 Å². The van der Waals surface area contributed by atoms with Crippen LogP contribution in [0.5, 0.6) is 11.5 Å². The average molecular weight is 346 g/mol. The second kappa shape index (κ2) is 8.44. The Balaban J connectivity index is 2.13. The van der Waals surface area contributed by atoms with E-state index in [1.807, 2.05) is 0 Å². The summed E-state index contributed by atoms with van der Waals surface area (Å²) >= 11 is 0. The standard InChI is InChI=1S/C17H15FN2O5/c1-23-15-8-11(10-19-20-17(22)24-2)6-7-14(15)25-16(21)12-4-3-5-13(18)9-12/h3-10H,1-2H3,(H,20,22)/b19-10-.